The van der Waals surface area contributed by atoms with Crippen molar-refractivity contribution in [3.05, 3.63) is 59.5 Å². The summed E-state index contributed by atoms with van der Waals surface area (Å²) in [6.07, 6.45) is 1.78. The van der Waals surface area contributed by atoms with Crippen LogP contribution in [0.1, 0.15) is 0 Å². The van der Waals surface area contributed by atoms with E-state index in [0.29, 0.717) is 10.8 Å². The molecule has 0 unspecified atom stereocenters. The van der Waals surface area contributed by atoms with Crippen molar-refractivity contribution in [3.8, 4) is 16.3 Å². The summed E-state index contributed by atoms with van der Waals surface area (Å²) in [5.41, 5.74) is 1.77. The Balaban J connectivity index is 1.67. The Morgan fingerprint density at radius 3 is 2.70 bits per heavy atom. The zero-order valence-electron chi connectivity index (χ0n) is 12.0. The molecule has 1 N–H and O–H groups in total. The molecule has 3 aromatic rings. The van der Waals surface area contributed by atoms with Crippen molar-refractivity contribution in [2.75, 3.05) is 11.8 Å². The van der Waals surface area contributed by atoms with Crippen LogP contribution in [0.15, 0.2) is 52.9 Å². The summed E-state index contributed by atoms with van der Waals surface area (Å²) in [6.45, 7) is 0. The number of nitrogens with zero attached hydrogens (tertiary/aromatic N) is 1. The minimum absolute atomic E-state index is 0.252. The third-order valence-electron chi connectivity index (χ3n) is 3.00. The van der Waals surface area contributed by atoms with Crippen LogP contribution in [0.4, 0.5) is 10.1 Å². The van der Waals surface area contributed by atoms with Crippen LogP contribution in [0.3, 0.4) is 0 Å². The van der Waals surface area contributed by atoms with E-state index < -0.39 is 0 Å². The summed E-state index contributed by atoms with van der Waals surface area (Å²) in [5.74, 6) is 0.386. The largest absolute Gasteiger partial charge is 0.495 e. The molecule has 0 radical (unpaired) electrons. The van der Waals surface area contributed by atoms with Crippen molar-refractivity contribution >= 4 is 40.6 Å². The molecular formula is C16H12ClFN2OS2. The fraction of sp³-hybridized carbons (Fsp3) is 0.0625. The SMILES string of the molecule is COc1ccc(NSc2cnc(-c3ccc(F)cc3)s2)cc1Cl. The monoisotopic (exact) mass is 366 g/mol. The second kappa shape index (κ2) is 7.21. The first-order chi connectivity index (χ1) is 11.2. The van der Waals surface area contributed by atoms with E-state index in [9.17, 15) is 4.39 Å². The van der Waals surface area contributed by atoms with Gasteiger partial charge in [-0.15, -0.1) is 11.3 Å². The molecule has 118 valence electrons. The number of halogens is 2. The lowest BCUT2D eigenvalue weighted by molar-refractivity contribution is 0.415. The molecule has 3 rings (SSSR count). The van der Waals surface area contributed by atoms with Crippen LogP contribution in [-0.2, 0) is 0 Å². The number of hydrogen-bond acceptors (Lipinski definition) is 5. The van der Waals surface area contributed by atoms with E-state index in [4.69, 9.17) is 16.3 Å². The van der Waals surface area contributed by atoms with Gasteiger partial charge in [0.2, 0.25) is 0 Å². The highest BCUT2D eigenvalue weighted by Gasteiger charge is 2.07. The molecule has 0 aliphatic heterocycles. The maximum atomic E-state index is 13.0. The van der Waals surface area contributed by atoms with Crippen molar-refractivity contribution in [3.63, 3.8) is 0 Å². The number of hydrogen-bond donors (Lipinski definition) is 1. The topological polar surface area (TPSA) is 34.1 Å². The van der Waals surface area contributed by atoms with Gasteiger partial charge in [-0.2, -0.15) is 0 Å². The third kappa shape index (κ3) is 3.96. The molecule has 0 amide bonds. The fourth-order valence-electron chi connectivity index (χ4n) is 1.87. The van der Waals surface area contributed by atoms with E-state index in [1.165, 1.54) is 35.4 Å². The highest BCUT2D eigenvalue weighted by molar-refractivity contribution is 8.02. The third-order valence-corrected chi connectivity index (χ3v) is 5.28. The van der Waals surface area contributed by atoms with Crippen LogP contribution in [-0.4, -0.2) is 12.1 Å². The normalized spacial score (nSPS) is 10.6. The number of ether oxygens (including phenoxy) is 1. The summed E-state index contributed by atoms with van der Waals surface area (Å²) in [4.78, 5) is 4.36. The summed E-state index contributed by atoms with van der Waals surface area (Å²) < 4.78 is 22.3. The Bertz CT molecular complexity index is 808. The van der Waals surface area contributed by atoms with E-state index in [1.807, 2.05) is 12.1 Å². The van der Waals surface area contributed by atoms with Gasteiger partial charge in [0.25, 0.3) is 0 Å². The first-order valence-corrected chi connectivity index (χ1v) is 8.65. The molecule has 0 saturated heterocycles. The predicted molar refractivity (Wildman–Crippen MR) is 95.0 cm³/mol. The van der Waals surface area contributed by atoms with Crippen LogP contribution in [0.5, 0.6) is 5.75 Å². The highest BCUT2D eigenvalue weighted by atomic mass is 35.5. The average Bonchev–Trinajstić information content (AvgIpc) is 3.03. The molecule has 23 heavy (non-hydrogen) atoms. The Morgan fingerprint density at radius 2 is 2.00 bits per heavy atom. The standard InChI is InChI=1S/C16H12ClFN2OS2/c1-21-14-7-6-12(8-13(14)17)20-23-15-9-19-16(22-15)10-2-4-11(18)5-3-10/h2-9,20H,1H3. The quantitative estimate of drug-likeness (QED) is 0.584. The minimum Gasteiger partial charge on any atom is -0.495 e. The Kier molecular flexibility index (Phi) is 5.05. The first kappa shape index (κ1) is 16.1. The van der Waals surface area contributed by atoms with E-state index in [0.717, 1.165) is 20.5 Å². The maximum absolute atomic E-state index is 13.0. The van der Waals surface area contributed by atoms with Crippen molar-refractivity contribution in [2.24, 2.45) is 0 Å². The lowest BCUT2D eigenvalue weighted by Crippen LogP contribution is -1.88. The zero-order valence-corrected chi connectivity index (χ0v) is 14.4. The average molecular weight is 367 g/mol. The molecular weight excluding hydrogens is 355 g/mol. The second-order valence-corrected chi connectivity index (χ2v) is 7.09. The van der Waals surface area contributed by atoms with Gasteiger partial charge in [-0.1, -0.05) is 11.6 Å². The second-order valence-electron chi connectivity index (χ2n) is 4.54. The molecule has 1 heterocycles. The van der Waals surface area contributed by atoms with Gasteiger partial charge in [0.1, 0.15) is 20.8 Å². The van der Waals surface area contributed by atoms with Crippen LogP contribution in [0.2, 0.25) is 5.02 Å². The lowest BCUT2D eigenvalue weighted by atomic mass is 10.2. The van der Waals surface area contributed by atoms with Crippen LogP contribution in [0.25, 0.3) is 10.6 Å². The van der Waals surface area contributed by atoms with E-state index >= 15 is 0 Å². The van der Waals surface area contributed by atoms with Gasteiger partial charge in [0.05, 0.1) is 18.3 Å². The van der Waals surface area contributed by atoms with Gasteiger partial charge in [-0.25, -0.2) is 9.37 Å². The summed E-state index contributed by atoms with van der Waals surface area (Å²) in [5, 5.41) is 1.40. The number of rotatable bonds is 5. The molecule has 0 bridgehead atoms. The van der Waals surface area contributed by atoms with Gasteiger partial charge >= 0.3 is 0 Å². The molecule has 7 heteroatoms. The number of nitrogens with one attached hydrogen (secondary N) is 1. The molecule has 0 fully saturated rings. The maximum Gasteiger partial charge on any atom is 0.137 e. The van der Waals surface area contributed by atoms with Crippen molar-refractivity contribution < 1.29 is 9.13 Å². The van der Waals surface area contributed by atoms with Crippen LogP contribution >= 0.6 is 34.9 Å². The molecule has 0 saturated carbocycles. The molecule has 0 atom stereocenters. The Labute approximate surface area is 146 Å². The van der Waals surface area contributed by atoms with Gasteiger partial charge in [0, 0.05) is 11.3 Å². The number of thiazole rings is 1. The zero-order chi connectivity index (χ0) is 16.2. The van der Waals surface area contributed by atoms with Gasteiger partial charge in [0.15, 0.2) is 0 Å². The van der Waals surface area contributed by atoms with Crippen LogP contribution in [0, 0.1) is 5.82 Å². The molecule has 3 nitrogen and oxygen atoms in total. The Morgan fingerprint density at radius 1 is 1.22 bits per heavy atom. The summed E-state index contributed by atoms with van der Waals surface area (Å²) in [7, 11) is 1.58. The number of methoxy groups -OCH3 is 1. The smallest absolute Gasteiger partial charge is 0.137 e. The summed E-state index contributed by atoms with van der Waals surface area (Å²) in [6, 6.07) is 11.8. The fourth-order valence-corrected chi connectivity index (χ4v) is 3.76. The van der Waals surface area contributed by atoms with Gasteiger partial charge < -0.3 is 9.46 Å². The number of aromatic nitrogens is 1. The number of benzene rings is 2. The minimum atomic E-state index is -0.252. The molecule has 0 spiro atoms. The lowest BCUT2D eigenvalue weighted by Gasteiger charge is -2.06. The van der Waals surface area contributed by atoms with Gasteiger partial charge in [-0.3, -0.25) is 0 Å². The molecule has 0 aliphatic rings. The Hall–Kier alpha value is -1.76. The highest BCUT2D eigenvalue weighted by Crippen LogP contribution is 2.34. The number of anilines is 1. The van der Waals surface area contributed by atoms with Crippen molar-refractivity contribution in [1.82, 2.24) is 4.98 Å². The molecule has 0 aliphatic carbocycles. The molecule has 1 aromatic heterocycles. The predicted octanol–water partition coefficient (Wildman–Crippen LogP) is 5.73. The van der Waals surface area contributed by atoms with E-state index in [-0.39, 0.29) is 5.82 Å². The van der Waals surface area contributed by atoms with Crippen molar-refractivity contribution in [2.45, 2.75) is 4.21 Å². The summed E-state index contributed by atoms with van der Waals surface area (Å²) >= 11 is 9.07. The first-order valence-electron chi connectivity index (χ1n) is 6.64. The van der Waals surface area contributed by atoms with Gasteiger partial charge in [-0.05, 0) is 54.4 Å². The van der Waals surface area contributed by atoms with E-state index in [2.05, 4.69) is 9.71 Å². The van der Waals surface area contributed by atoms with Crippen molar-refractivity contribution in [1.29, 1.82) is 0 Å². The van der Waals surface area contributed by atoms with Crippen LogP contribution < -0.4 is 9.46 Å². The molecule has 2 aromatic carbocycles. The van der Waals surface area contributed by atoms with E-state index in [1.54, 1.807) is 31.5 Å².